The van der Waals surface area contributed by atoms with Crippen LogP contribution in [0.25, 0.3) is 0 Å². The maximum Gasteiger partial charge on any atom is 0.167 e. The molecule has 0 saturated carbocycles. The van der Waals surface area contributed by atoms with E-state index in [9.17, 15) is 4.39 Å². The Kier molecular flexibility index (Phi) is 4.18. The normalized spacial score (nSPS) is 10.1. The molecule has 4 nitrogen and oxygen atoms in total. The van der Waals surface area contributed by atoms with Crippen LogP contribution in [0.1, 0.15) is 6.92 Å². The summed E-state index contributed by atoms with van der Waals surface area (Å²) in [5.41, 5.74) is 2.32. The SMILES string of the molecule is CCOc1ccc(Nc2cncc(NC)c2)cc1F. The Morgan fingerprint density at radius 2 is 1.95 bits per heavy atom. The molecular weight excluding hydrogens is 245 g/mol. The van der Waals surface area contributed by atoms with Crippen LogP contribution in [0.2, 0.25) is 0 Å². The highest BCUT2D eigenvalue weighted by molar-refractivity contribution is 5.63. The van der Waals surface area contributed by atoms with E-state index in [-0.39, 0.29) is 11.6 Å². The van der Waals surface area contributed by atoms with E-state index < -0.39 is 0 Å². The van der Waals surface area contributed by atoms with Crippen LogP contribution in [-0.4, -0.2) is 18.6 Å². The standard InChI is InChI=1S/C14H16FN3O/c1-3-19-14-5-4-10(7-13(14)15)18-12-6-11(16-2)8-17-9-12/h4-9,16,18H,3H2,1-2H3. The van der Waals surface area contributed by atoms with Gasteiger partial charge in [0.05, 0.1) is 30.4 Å². The number of nitrogens with one attached hydrogen (secondary N) is 2. The summed E-state index contributed by atoms with van der Waals surface area (Å²) in [6, 6.07) is 6.66. The lowest BCUT2D eigenvalue weighted by molar-refractivity contribution is 0.321. The van der Waals surface area contributed by atoms with Gasteiger partial charge in [-0.2, -0.15) is 0 Å². The van der Waals surface area contributed by atoms with Crippen LogP contribution < -0.4 is 15.4 Å². The van der Waals surface area contributed by atoms with Crippen molar-refractivity contribution in [2.45, 2.75) is 6.92 Å². The smallest absolute Gasteiger partial charge is 0.167 e. The second-order valence-electron chi connectivity index (χ2n) is 3.92. The van der Waals surface area contributed by atoms with Gasteiger partial charge in [-0.1, -0.05) is 0 Å². The molecule has 0 aliphatic rings. The minimum absolute atomic E-state index is 0.259. The average Bonchev–Trinajstić information content (AvgIpc) is 2.42. The van der Waals surface area contributed by atoms with Crippen LogP contribution in [0.5, 0.6) is 5.75 Å². The van der Waals surface area contributed by atoms with Gasteiger partial charge in [0.1, 0.15) is 0 Å². The summed E-state index contributed by atoms with van der Waals surface area (Å²) in [6.07, 6.45) is 3.39. The zero-order valence-electron chi connectivity index (χ0n) is 10.9. The van der Waals surface area contributed by atoms with Gasteiger partial charge in [-0.3, -0.25) is 4.98 Å². The Morgan fingerprint density at radius 1 is 1.16 bits per heavy atom. The molecule has 100 valence electrons. The Bertz CT molecular complexity index is 560. The highest BCUT2D eigenvalue weighted by Gasteiger charge is 2.04. The van der Waals surface area contributed by atoms with Gasteiger partial charge in [-0.05, 0) is 25.1 Å². The summed E-state index contributed by atoms with van der Waals surface area (Å²) in [5, 5.41) is 6.08. The molecule has 1 aromatic heterocycles. The van der Waals surface area contributed by atoms with Gasteiger partial charge < -0.3 is 15.4 Å². The number of hydrogen-bond acceptors (Lipinski definition) is 4. The van der Waals surface area contributed by atoms with Crippen molar-refractivity contribution in [3.8, 4) is 5.75 Å². The van der Waals surface area contributed by atoms with E-state index in [0.29, 0.717) is 12.3 Å². The second kappa shape index (κ2) is 6.04. The van der Waals surface area contributed by atoms with E-state index in [0.717, 1.165) is 11.4 Å². The Hall–Kier alpha value is -2.30. The monoisotopic (exact) mass is 261 g/mol. The molecule has 0 unspecified atom stereocenters. The molecule has 2 N–H and O–H groups in total. The van der Waals surface area contributed by atoms with Gasteiger partial charge in [0.25, 0.3) is 0 Å². The third kappa shape index (κ3) is 3.34. The summed E-state index contributed by atoms with van der Waals surface area (Å²) >= 11 is 0. The van der Waals surface area contributed by atoms with E-state index in [2.05, 4.69) is 15.6 Å². The number of hydrogen-bond donors (Lipinski definition) is 2. The van der Waals surface area contributed by atoms with Gasteiger partial charge in [0, 0.05) is 18.8 Å². The van der Waals surface area contributed by atoms with Crippen molar-refractivity contribution < 1.29 is 9.13 Å². The average molecular weight is 261 g/mol. The molecule has 0 bridgehead atoms. The fourth-order valence-corrected chi connectivity index (χ4v) is 1.66. The van der Waals surface area contributed by atoms with Crippen molar-refractivity contribution in [2.75, 3.05) is 24.3 Å². The molecule has 0 fully saturated rings. The molecule has 2 aromatic rings. The van der Waals surface area contributed by atoms with E-state index in [1.165, 1.54) is 6.07 Å². The van der Waals surface area contributed by atoms with Crippen LogP contribution in [0.4, 0.5) is 21.5 Å². The van der Waals surface area contributed by atoms with Crippen molar-refractivity contribution in [2.24, 2.45) is 0 Å². The summed E-state index contributed by atoms with van der Waals surface area (Å²) in [6.45, 7) is 2.26. The number of anilines is 3. The number of rotatable bonds is 5. The number of halogens is 1. The van der Waals surface area contributed by atoms with Crippen molar-refractivity contribution >= 4 is 17.1 Å². The van der Waals surface area contributed by atoms with Crippen LogP contribution in [0.15, 0.2) is 36.7 Å². The molecule has 5 heteroatoms. The van der Waals surface area contributed by atoms with Crippen LogP contribution in [-0.2, 0) is 0 Å². The van der Waals surface area contributed by atoms with Crippen molar-refractivity contribution in [3.63, 3.8) is 0 Å². The fourth-order valence-electron chi connectivity index (χ4n) is 1.66. The van der Waals surface area contributed by atoms with E-state index in [4.69, 9.17) is 4.74 Å². The highest BCUT2D eigenvalue weighted by atomic mass is 19.1. The van der Waals surface area contributed by atoms with Gasteiger partial charge in [0.15, 0.2) is 11.6 Å². The molecule has 0 amide bonds. The van der Waals surface area contributed by atoms with Crippen molar-refractivity contribution in [3.05, 3.63) is 42.5 Å². The lowest BCUT2D eigenvalue weighted by atomic mass is 10.2. The van der Waals surface area contributed by atoms with Crippen molar-refractivity contribution in [1.29, 1.82) is 0 Å². The van der Waals surface area contributed by atoms with E-state index in [1.54, 1.807) is 24.5 Å². The van der Waals surface area contributed by atoms with Crippen LogP contribution in [0, 0.1) is 5.82 Å². The highest BCUT2D eigenvalue weighted by Crippen LogP contribution is 2.24. The van der Waals surface area contributed by atoms with E-state index >= 15 is 0 Å². The summed E-state index contributed by atoms with van der Waals surface area (Å²) < 4.78 is 18.8. The van der Waals surface area contributed by atoms with Gasteiger partial charge in [0.2, 0.25) is 0 Å². The molecule has 1 aromatic carbocycles. The van der Waals surface area contributed by atoms with Crippen molar-refractivity contribution in [1.82, 2.24) is 4.98 Å². The zero-order chi connectivity index (χ0) is 13.7. The maximum atomic E-state index is 13.7. The molecule has 0 aliphatic carbocycles. The van der Waals surface area contributed by atoms with Crippen LogP contribution in [0.3, 0.4) is 0 Å². The quantitative estimate of drug-likeness (QED) is 0.866. The molecule has 2 rings (SSSR count). The maximum absolute atomic E-state index is 13.7. The third-order valence-corrected chi connectivity index (χ3v) is 2.55. The first kappa shape index (κ1) is 13.1. The topological polar surface area (TPSA) is 46.2 Å². The fraction of sp³-hybridized carbons (Fsp3) is 0.214. The number of benzene rings is 1. The molecule has 19 heavy (non-hydrogen) atoms. The largest absolute Gasteiger partial charge is 0.491 e. The Morgan fingerprint density at radius 3 is 2.63 bits per heavy atom. The molecule has 0 spiro atoms. The molecule has 1 heterocycles. The molecule has 0 radical (unpaired) electrons. The number of aromatic nitrogens is 1. The van der Waals surface area contributed by atoms with Crippen LogP contribution >= 0.6 is 0 Å². The first-order chi connectivity index (χ1) is 9.22. The lowest BCUT2D eigenvalue weighted by Crippen LogP contribution is -1.97. The first-order valence-corrected chi connectivity index (χ1v) is 6.05. The van der Waals surface area contributed by atoms with Gasteiger partial charge in [-0.25, -0.2) is 4.39 Å². The first-order valence-electron chi connectivity index (χ1n) is 6.05. The summed E-state index contributed by atoms with van der Waals surface area (Å²) in [5.74, 6) is -0.125. The Balaban J connectivity index is 2.16. The second-order valence-corrected chi connectivity index (χ2v) is 3.92. The predicted molar refractivity (Wildman–Crippen MR) is 74.6 cm³/mol. The predicted octanol–water partition coefficient (Wildman–Crippen LogP) is 3.40. The van der Waals surface area contributed by atoms with Gasteiger partial charge >= 0.3 is 0 Å². The van der Waals surface area contributed by atoms with Gasteiger partial charge in [-0.15, -0.1) is 0 Å². The lowest BCUT2D eigenvalue weighted by Gasteiger charge is -2.10. The van der Waals surface area contributed by atoms with E-state index in [1.807, 2.05) is 20.0 Å². The third-order valence-electron chi connectivity index (χ3n) is 2.55. The summed E-state index contributed by atoms with van der Waals surface area (Å²) in [7, 11) is 1.82. The molecule has 0 atom stereocenters. The Labute approximate surface area is 111 Å². The molecule has 0 aliphatic heterocycles. The summed E-state index contributed by atoms with van der Waals surface area (Å²) in [4.78, 5) is 4.08. The minimum atomic E-state index is -0.385. The minimum Gasteiger partial charge on any atom is -0.491 e. The zero-order valence-corrected chi connectivity index (χ0v) is 10.9. The number of nitrogens with zero attached hydrogens (tertiary/aromatic N) is 1. The number of ether oxygens (including phenoxy) is 1. The number of pyridine rings is 1. The molecular formula is C14H16FN3O. The molecule has 0 saturated heterocycles.